The molecule has 0 heterocycles. The maximum absolute atomic E-state index is 6.04. The molecule has 0 aromatic rings. The summed E-state index contributed by atoms with van der Waals surface area (Å²) in [6.45, 7) is 2.32. The maximum atomic E-state index is 6.04. The second-order valence-electron chi connectivity index (χ2n) is 5.82. The van der Waals surface area contributed by atoms with Gasteiger partial charge >= 0.3 is 0 Å². The van der Waals surface area contributed by atoms with Crippen LogP contribution in [0.2, 0.25) is 0 Å². The van der Waals surface area contributed by atoms with Crippen LogP contribution in [0, 0.1) is 5.92 Å². The monoisotopic (exact) mass is 237 g/mol. The molecule has 0 bridgehead atoms. The summed E-state index contributed by atoms with van der Waals surface area (Å²) in [7, 11) is 0. The smallest absolute Gasteiger partial charge is 0.189 e. The van der Waals surface area contributed by atoms with E-state index < -0.39 is 0 Å². The van der Waals surface area contributed by atoms with Crippen LogP contribution in [0.4, 0.5) is 0 Å². The van der Waals surface area contributed by atoms with Gasteiger partial charge in [-0.2, -0.15) is 0 Å². The lowest BCUT2D eigenvalue weighted by atomic mass is 9.98. The molecule has 0 spiro atoms. The van der Waals surface area contributed by atoms with Crippen molar-refractivity contribution < 1.29 is 0 Å². The zero-order valence-corrected chi connectivity index (χ0v) is 11.1. The minimum atomic E-state index is 0.450. The van der Waals surface area contributed by atoms with Gasteiger partial charge in [0.15, 0.2) is 5.96 Å². The van der Waals surface area contributed by atoms with Crippen LogP contribution in [0.15, 0.2) is 4.99 Å². The Hall–Kier alpha value is -0.730. The van der Waals surface area contributed by atoms with E-state index in [2.05, 4.69) is 12.2 Å². The van der Waals surface area contributed by atoms with E-state index in [1.54, 1.807) is 0 Å². The molecule has 2 unspecified atom stereocenters. The van der Waals surface area contributed by atoms with Crippen LogP contribution < -0.4 is 11.1 Å². The van der Waals surface area contributed by atoms with E-state index in [-0.39, 0.29) is 0 Å². The highest BCUT2D eigenvalue weighted by Crippen LogP contribution is 2.25. The van der Waals surface area contributed by atoms with Crippen molar-refractivity contribution in [3.8, 4) is 0 Å². The molecule has 2 rings (SSSR count). The van der Waals surface area contributed by atoms with Gasteiger partial charge in [0, 0.05) is 6.04 Å². The molecule has 0 aromatic carbocycles. The van der Waals surface area contributed by atoms with Gasteiger partial charge in [-0.05, 0) is 31.6 Å². The molecule has 2 aliphatic carbocycles. The fourth-order valence-corrected chi connectivity index (χ4v) is 3.16. The zero-order valence-electron chi connectivity index (χ0n) is 11.1. The van der Waals surface area contributed by atoms with E-state index in [1.807, 2.05) is 0 Å². The molecule has 3 N–H and O–H groups in total. The standard InChI is InChI=1S/C14H27N3/c1-11-7-3-2-4-10-13(11)17-14(15)16-12-8-5-6-9-12/h11-13H,2-10H2,1H3,(H3,15,16,17). The summed E-state index contributed by atoms with van der Waals surface area (Å²) in [5, 5.41) is 3.39. The van der Waals surface area contributed by atoms with Crippen molar-refractivity contribution in [1.29, 1.82) is 0 Å². The third kappa shape index (κ3) is 3.90. The van der Waals surface area contributed by atoms with E-state index in [4.69, 9.17) is 10.7 Å². The van der Waals surface area contributed by atoms with Crippen LogP contribution in [-0.4, -0.2) is 18.0 Å². The molecule has 98 valence electrons. The van der Waals surface area contributed by atoms with Crippen LogP contribution >= 0.6 is 0 Å². The molecule has 2 fully saturated rings. The molecule has 0 amide bonds. The topological polar surface area (TPSA) is 50.4 Å². The highest BCUT2D eigenvalue weighted by molar-refractivity contribution is 5.78. The maximum Gasteiger partial charge on any atom is 0.189 e. The Kier molecular flexibility index (Phi) is 4.69. The van der Waals surface area contributed by atoms with Crippen molar-refractivity contribution in [2.75, 3.05) is 0 Å². The summed E-state index contributed by atoms with van der Waals surface area (Å²) < 4.78 is 0. The van der Waals surface area contributed by atoms with Crippen LogP contribution in [0.5, 0.6) is 0 Å². The summed E-state index contributed by atoms with van der Waals surface area (Å²) in [6.07, 6.45) is 11.8. The molecule has 2 atom stereocenters. The third-order valence-corrected chi connectivity index (χ3v) is 4.33. The fourth-order valence-electron chi connectivity index (χ4n) is 3.16. The second-order valence-corrected chi connectivity index (χ2v) is 5.82. The van der Waals surface area contributed by atoms with Gasteiger partial charge in [0.1, 0.15) is 0 Å². The van der Waals surface area contributed by atoms with E-state index in [9.17, 15) is 0 Å². The van der Waals surface area contributed by atoms with Crippen LogP contribution in [0.25, 0.3) is 0 Å². The van der Waals surface area contributed by atoms with Gasteiger partial charge in [0.25, 0.3) is 0 Å². The van der Waals surface area contributed by atoms with Crippen LogP contribution in [0.1, 0.15) is 64.7 Å². The van der Waals surface area contributed by atoms with E-state index in [0.717, 1.165) is 0 Å². The number of nitrogens with two attached hydrogens (primary N) is 1. The quantitative estimate of drug-likeness (QED) is 0.441. The van der Waals surface area contributed by atoms with Gasteiger partial charge < -0.3 is 11.1 Å². The van der Waals surface area contributed by atoms with Crippen LogP contribution in [-0.2, 0) is 0 Å². The Morgan fingerprint density at radius 2 is 1.65 bits per heavy atom. The van der Waals surface area contributed by atoms with E-state index in [1.165, 1.54) is 57.8 Å². The number of hydrogen-bond donors (Lipinski definition) is 2. The average molecular weight is 237 g/mol. The molecule has 0 radical (unpaired) electrons. The van der Waals surface area contributed by atoms with Crippen molar-refractivity contribution in [3.63, 3.8) is 0 Å². The Morgan fingerprint density at radius 1 is 1.00 bits per heavy atom. The van der Waals surface area contributed by atoms with Gasteiger partial charge in [-0.1, -0.05) is 39.0 Å². The van der Waals surface area contributed by atoms with Crippen molar-refractivity contribution >= 4 is 5.96 Å². The largest absolute Gasteiger partial charge is 0.370 e. The number of aliphatic imine (C=N–C) groups is 1. The first-order valence-corrected chi connectivity index (χ1v) is 7.35. The Morgan fingerprint density at radius 3 is 2.41 bits per heavy atom. The van der Waals surface area contributed by atoms with Crippen molar-refractivity contribution in [1.82, 2.24) is 5.32 Å². The molecule has 2 saturated carbocycles. The zero-order chi connectivity index (χ0) is 12.1. The fraction of sp³-hybridized carbons (Fsp3) is 0.929. The normalized spacial score (nSPS) is 32.4. The molecule has 3 heteroatoms. The van der Waals surface area contributed by atoms with Gasteiger partial charge in [-0.25, -0.2) is 4.99 Å². The van der Waals surface area contributed by atoms with Crippen molar-refractivity contribution in [3.05, 3.63) is 0 Å². The molecule has 0 saturated heterocycles. The van der Waals surface area contributed by atoms with Crippen molar-refractivity contribution in [2.45, 2.75) is 76.8 Å². The molecule has 2 aliphatic rings. The molecule has 0 aromatic heterocycles. The van der Waals surface area contributed by atoms with E-state index in [0.29, 0.717) is 24.0 Å². The van der Waals surface area contributed by atoms with Crippen LogP contribution in [0.3, 0.4) is 0 Å². The highest BCUT2D eigenvalue weighted by atomic mass is 15.1. The lowest BCUT2D eigenvalue weighted by molar-refractivity contribution is 0.431. The number of guanidine groups is 1. The SMILES string of the molecule is CC1CCCCCC1N=C(N)NC1CCCC1. The molecular weight excluding hydrogens is 210 g/mol. The summed E-state index contributed by atoms with van der Waals surface area (Å²) in [4.78, 5) is 4.72. The van der Waals surface area contributed by atoms with Gasteiger partial charge in [0.05, 0.1) is 6.04 Å². The lowest BCUT2D eigenvalue weighted by Gasteiger charge is -2.19. The number of nitrogens with one attached hydrogen (secondary N) is 1. The summed E-state index contributed by atoms with van der Waals surface area (Å²) in [5.41, 5.74) is 6.04. The Labute approximate surface area is 105 Å². The Balaban J connectivity index is 1.86. The predicted octanol–water partition coefficient (Wildman–Crippen LogP) is 2.80. The minimum absolute atomic E-state index is 0.450. The average Bonchev–Trinajstić information content (AvgIpc) is 2.71. The summed E-state index contributed by atoms with van der Waals surface area (Å²) in [6, 6.07) is 1.03. The van der Waals surface area contributed by atoms with E-state index >= 15 is 0 Å². The first-order valence-electron chi connectivity index (χ1n) is 7.35. The first kappa shape index (κ1) is 12.7. The third-order valence-electron chi connectivity index (χ3n) is 4.33. The van der Waals surface area contributed by atoms with Gasteiger partial charge in [-0.3, -0.25) is 0 Å². The molecule has 17 heavy (non-hydrogen) atoms. The lowest BCUT2D eigenvalue weighted by Crippen LogP contribution is -2.39. The second kappa shape index (κ2) is 6.27. The van der Waals surface area contributed by atoms with Gasteiger partial charge in [-0.15, -0.1) is 0 Å². The Bertz CT molecular complexity index is 256. The summed E-state index contributed by atoms with van der Waals surface area (Å²) in [5.74, 6) is 1.39. The number of rotatable bonds is 2. The van der Waals surface area contributed by atoms with Crippen molar-refractivity contribution in [2.24, 2.45) is 16.6 Å². The minimum Gasteiger partial charge on any atom is -0.370 e. The highest BCUT2D eigenvalue weighted by Gasteiger charge is 2.20. The first-order chi connectivity index (χ1) is 8.25. The number of hydrogen-bond acceptors (Lipinski definition) is 1. The van der Waals surface area contributed by atoms with Gasteiger partial charge in [0.2, 0.25) is 0 Å². The summed E-state index contributed by atoms with van der Waals surface area (Å²) >= 11 is 0. The molecular formula is C14H27N3. The number of nitrogens with zero attached hydrogens (tertiary/aromatic N) is 1. The molecule has 3 nitrogen and oxygen atoms in total. The predicted molar refractivity (Wildman–Crippen MR) is 73.1 cm³/mol. The molecule has 0 aliphatic heterocycles.